The van der Waals surface area contributed by atoms with Crippen molar-refractivity contribution in [2.24, 2.45) is 5.73 Å². The number of rotatable bonds is 4. The van der Waals surface area contributed by atoms with Crippen LogP contribution in [0.1, 0.15) is 35.1 Å². The number of carbonyl (C=O) groups is 1. The van der Waals surface area contributed by atoms with Crippen molar-refractivity contribution in [1.29, 1.82) is 0 Å². The zero-order valence-electron chi connectivity index (χ0n) is 11.5. The van der Waals surface area contributed by atoms with Crippen LogP contribution in [0.3, 0.4) is 0 Å². The number of benzene rings is 1. The van der Waals surface area contributed by atoms with Crippen LogP contribution < -0.4 is 11.1 Å². The summed E-state index contributed by atoms with van der Waals surface area (Å²) < 4.78 is 0. The van der Waals surface area contributed by atoms with Gasteiger partial charge in [0.2, 0.25) is 5.91 Å². The van der Waals surface area contributed by atoms with Crippen LogP contribution in [0, 0.1) is 20.8 Å². The summed E-state index contributed by atoms with van der Waals surface area (Å²) in [6, 6.07) is 4.38. The van der Waals surface area contributed by atoms with Crippen LogP contribution in [0.25, 0.3) is 0 Å². The SMILES string of the molecule is Cc1cc(C)c(CCNC(=O)C2(N)CC2)c(C)c1. The van der Waals surface area contributed by atoms with Crippen LogP contribution in [-0.4, -0.2) is 18.0 Å². The second-order valence-corrected chi connectivity index (χ2v) is 5.54. The Balaban J connectivity index is 1.92. The van der Waals surface area contributed by atoms with Crippen molar-refractivity contribution in [2.45, 2.75) is 45.6 Å². The first-order valence-corrected chi connectivity index (χ1v) is 6.56. The second kappa shape index (κ2) is 4.73. The normalized spacial score (nSPS) is 16.4. The zero-order chi connectivity index (χ0) is 13.3. The molecule has 3 N–H and O–H groups in total. The Labute approximate surface area is 109 Å². The maximum atomic E-state index is 11.7. The predicted octanol–water partition coefficient (Wildman–Crippen LogP) is 1.76. The van der Waals surface area contributed by atoms with Gasteiger partial charge in [-0.05, 0) is 56.7 Å². The van der Waals surface area contributed by atoms with Gasteiger partial charge in [0.25, 0.3) is 0 Å². The lowest BCUT2D eigenvalue weighted by Gasteiger charge is -2.13. The molecule has 0 bridgehead atoms. The molecule has 1 aromatic rings. The fourth-order valence-corrected chi connectivity index (χ4v) is 2.44. The van der Waals surface area contributed by atoms with Crippen LogP contribution in [0.15, 0.2) is 12.1 Å². The molecule has 18 heavy (non-hydrogen) atoms. The number of hydrogen-bond donors (Lipinski definition) is 2. The van der Waals surface area contributed by atoms with Gasteiger partial charge in [-0.15, -0.1) is 0 Å². The first kappa shape index (κ1) is 13.1. The third-order valence-corrected chi connectivity index (χ3v) is 3.74. The summed E-state index contributed by atoms with van der Waals surface area (Å²) in [5.41, 5.74) is 10.5. The minimum Gasteiger partial charge on any atom is -0.354 e. The molecular weight excluding hydrogens is 224 g/mol. The monoisotopic (exact) mass is 246 g/mol. The van der Waals surface area contributed by atoms with Crippen molar-refractivity contribution in [2.75, 3.05) is 6.54 Å². The molecule has 2 rings (SSSR count). The third-order valence-electron chi connectivity index (χ3n) is 3.74. The first-order chi connectivity index (χ1) is 8.42. The fraction of sp³-hybridized carbons (Fsp3) is 0.533. The van der Waals surface area contributed by atoms with Gasteiger partial charge in [-0.25, -0.2) is 0 Å². The number of nitrogens with one attached hydrogen (secondary N) is 1. The van der Waals surface area contributed by atoms with Crippen LogP contribution in [0.2, 0.25) is 0 Å². The molecule has 1 aliphatic rings. The molecule has 3 nitrogen and oxygen atoms in total. The van der Waals surface area contributed by atoms with E-state index in [1.165, 1.54) is 22.3 Å². The summed E-state index contributed by atoms with van der Waals surface area (Å²) in [5.74, 6) is 0.00455. The van der Waals surface area contributed by atoms with Crippen molar-refractivity contribution in [3.8, 4) is 0 Å². The number of hydrogen-bond acceptors (Lipinski definition) is 2. The van der Waals surface area contributed by atoms with E-state index >= 15 is 0 Å². The van der Waals surface area contributed by atoms with E-state index < -0.39 is 5.54 Å². The lowest BCUT2D eigenvalue weighted by molar-refractivity contribution is -0.123. The van der Waals surface area contributed by atoms with Crippen molar-refractivity contribution < 1.29 is 4.79 Å². The molecule has 1 aromatic carbocycles. The van der Waals surface area contributed by atoms with Gasteiger partial charge in [-0.3, -0.25) is 4.79 Å². The molecule has 0 aliphatic heterocycles. The molecule has 1 amide bonds. The highest BCUT2D eigenvalue weighted by Gasteiger charge is 2.45. The van der Waals surface area contributed by atoms with E-state index in [0.717, 1.165) is 19.3 Å². The quantitative estimate of drug-likeness (QED) is 0.850. The fourth-order valence-electron chi connectivity index (χ4n) is 2.44. The van der Waals surface area contributed by atoms with E-state index in [2.05, 4.69) is 38.2 Å². The summed E-state index contributed by atoms with van der Waals surface area (Å²) in [4.78, 5) is 11.7. The standard InChI is InChI=1S/C15H22N2O/c1-10-8-11(2)13(12(3)9-10)4-7-17-14(18)15(16)5-6-15/h8-9H,4-7,16H2,1-3H3,(H,17,18). The summed E-state index contributed by atoms with van der Waals surface area (Å²) in [6.07, 6.45) is 2.52. The molecule has 0 saturated heterocycles. The number of aryl methyl sites for hydroxylation is 3. The first-order valence-electron chi connectivity index (χ1n) is 6.56. The van der Waals surface area contributed by atoms with Crippen molar-refractivity contribution in [3.63, 3.8) is 0 Å². The van der Waals surface area contributed by atoms with Gasteiger partial charge in [0.1, 0.15) is 0 Å². The molecule has 98 valence electrons. The van der Waals surface area contributed by atoms with Gasteiger partial charge in [0.15, 0.2) is 0 Å². The zero-order valence-corrected chi connectivity index (χ0v) is 11.5. The highest BCUT2D eigenvalue weighted by Crippen LogP contribution is 2.32. The molecule has 0 radical (unpaired) electrons. The molecule has 1 aliphatic carbocycles. The average molecular weight is 246 g/mol. The largest absolute Gasteiger partial charge is 0.354 e. The Hall–Kier alpha value is -1.35. The molecule has 0 unspecified atom stereocenters. The second-order valence-electron chi connectivity index (χ2n) is 5.54. The van der Waals surface area contributed by atoms with Gasteiger partial charge in [0.05, 0.1) is 5.54 Å². The highest BCUT2D eigenvalue weighted by atomic mass is 16.2. The topological polar surface area (TPSA) is 55.1 Å². The van der Waals surface area contributed by atoms with E-state index in [1.54, 1.807) is 0 Å². The molecule has 1 saturated carbocycles. The maximum Gasteiger partial charge on any atom is 0.240 e. The predicted molar refractivity (Wildman–Crippen MR) is 73.5 cm³/mol. The smallest absolute Gasteiger partial charge is 0.240 e. The van der Waals surface area contributed by atoms with E-state index in [4.69, 9.17) is 5.73 Å². The molecule has 0 aromatic heterocycles. The van der Waals surface area contributed by atoms with Gasteiger partial charge in [-0.1, -0.05) is 17.7 Å². The van der Waals surface area contributed by atoms with Crippen LogP contribution in [0.5, 0.6) is 0 Å². The van der Waals surface area contributed by atoms with Gasteiger partial charge >= 0.3 is 0 Å². The van der Waals surface area contributed by atoms with Gasteiger partial charge in [0, 0.05) is 6.54 Å². The number of carbonyl (C=O) groups excluding carboxylic acids is 1. The van der Waals surface area contributed by atoms with E-state index in [9.17, 15) is 4.79 Å². The molecular formula is C15H22N2O. The van der Waals surface area contributed by atoms with Crippen LogP contribution in [-0.2, 0) is 11.2 Å². The van der Waals surface area contributed by atoms with Gasteiger partial charge in [-0.2, -0.15) is 0 Å². The Kier molecular flexibility index (Phi) is 3.44. The molecule has 0 atom stereocenters. The lowest BCUT2D eigenvalue weighted by Crippen LogP contribution is -2.43. The molecule has 3 heteroatoms. The van der Waals surface area contributed by atoms with Crippen molar-refractivity contribution >= 4 is 5.91 Å². The molecule has 0 spiro atoms. The minimum absolute atomic E-state index is 0.00455. The number of nitrogens with two attached hydrogens (primary N) is 1. The highest BCUT2D eigenvalue weighted by molar-refractivity contribution is 5.88. The average Bonchev–Trinajstić information content (AvgIpc) is 3.01. The van der Waals surface area contributed by atoms with E-state index in [0.29, 0.717) is 6.54 Å². The number of amides is 1. The van der Waals surface area contributed by atoms with Gasteiger partial charge < -0.3 is 11.1 Å². The molecule has 0 heterocycles. The summed E-state index contributed by atoms with van der Waals surface area (Å²) in [7, 11) is 0. The Morgan fingerprint density at radius 3 is 2.33 bits per heavy atom. The summed E-state index contributed by atoms with van der Waals surface area (Å²) in [6.45, 7) is 7.03. The summed E-state index contributed by atoms with van der Waals surface area (Å²) >= 11 is 0. The van der Waals surface area contributed by atoms with E-state index in [-0.39, 0.29) is 5.91 Å². The van der Waals surface area contributed by atoms with E-state index in [1.807, 2.05) is 0 Å². The lowest BCUT2D eigenvalue weighted by atomic mass is 9.97. The third kappa shape index (κ3) is 2.72. The Bertz CT molecular complexity index is 452. The molecule has 1 fully saturated rings. The van der Waals surface area contributed by atoms with Crippen LogP contribution >= 0.6 is 0 Å². The maximum absolute atomic E-state index is 11.7. The summed E-state index contributed by atoms with van der Waals surface area (Å²) in [5, 5.41) is 2.94. The van der Waals surface area contributed by atoms with Crippen molar-refractivity contribution in [3.05, 3.63) is 34.4 Å². The Morgan fingerprint density at radius 1 is 1.28 bits per heavy atom. The Morgan fingerprint density at radius 2 is 1.83 bits per heavy atom. The van der Waals surface area contributed by atoms with Crippen LogP contribution in [0.4, 0.5) is 0 Å². The van der Waals surface area contributed by atoms with Crippen molar-refractivity contribution in [1.82, 2.24) is 5.32 Å². The minimum atomic E-state index is -0.558.